The summed E-state index contributed by atoms with van der Waals surface area (Å²) in [5.41, 5.74) is 2.30. The fourth-order valence-electron chi connectivity index (χ4n) is 3.41. The summed E-state index contributed by atoms with van der Waals surface area (Å²) in [5.74, 6) is -1.21. The highest BCUT2D eigenvalue weighted by atomic mass is 19.1. The molecule has 0 aliphatic heterocycles. The topological polar surface area (TPSA) is 79.7 Å². The number of carbonyl (C=O) groups excluding carboxylic acids is 2. The van der Waals surface area contributed by atoms with E-state index in [0.717, 1.165) is 5.56 Å². The number of hydrogen-bond acceptors (Lipinski definition) is 6. The Bertz CT molecular complexity index is 1300. The lowest BCUT2D eigenvalue weighted by molar-refractivity contribution is 0.0549. The van der Waals surface area contributed by atoms with Crippen molar-refractivity contribution in [3.63, 3.8) is 0 Å². The van der Waals surface area contributed by atoms with Crippen LogP contribution >= 0.6 is 0 Å². The highest BCUT2D eigenvalue weighted by Gasteiger charge is 2.31. The van der Waals surface area contributed by atoms with E-state index in [-0.39, 0.29) is 29.4 Å². The number of esters is 2. The summed E-state index contributed by atoms with van der Waals surface area (Å²) in [6.45, 7) is 0.266. The predicted octanol–water partition coefficient (Wildman–Crippen LogP) is 4.83. The number of hydrogen-bond donors (Lipinski definition) is 0. The molecule has 0 saturated heterocycles. The molecular formula is C26H21FN2O5. The van der Waals surface area contributed by atoms with Crippen molar-refractivity contribution in [2.75, 3.05) is 14.2 Å². The molecule has 0 amide bonds. The zero-order valence-corrected chi connectivity index (χ0v) is 18.5. The molecule has 1 heterocycles. The van der Waals surface area contributed by atoms with Crippen molar-refractivity contribution in [3.8, 4) is 22.7 Å². The minimum Gasteiger partial charge on any atom is -0.489 e. The highest BCUT2D eigenvalue weighted by molar-refractivity contribution is 6.06. The fourth-order valence-corrected chi connectivity index (χ4v) is 3.41. The van der Waals surface area contributed by atoms with Crippen molar-refractivity contribution in [1.29, 1.82) is 0 Å². The predicted molar refractivity (Wildman–Crippen MR) is 122 cm³/mol. The van der Waals surface area contributed by atoms with E-state index in [1.165, 1.54) is 31.0 Å². The Hall–Kier alpha value is -4.46. The van der Waals surface area contributed by atoms with Crippen LogP contribution < -0.4 is 4.74 Å². The van der Waals surface area contributed by atoms with Gasteiger partial charge in [-0.2, -0.15) is 5.10 Å². The van der Waals surface area contributed by atoms with Crippen LogP contribution in [0.2, 0.25) is 0 Å². The number of benzene rings is 3. The molecule has 0 unspecified atom stereocenters. The Kier molecular flexibility index (Phi) is 6.68. The van der Waals surface area contributed by atoms with E-state index in [4.69, 9.17) is 14.2 Å². The van der Waals surface area contributed by atoms with Crippen molar-refractivity contribution >= 4 is 11.9 Å². The summed E-state index contributed by atoms with van der Waals surface area (Å²) < 4.78 is 30.0. The maximum Gasteiger partial charge on any atom is 0.357 e. The molecule has 0 atom stereocenters. The standard InChI is InChI=1S/C26H21FN2O5/c1-32-25(30)22-23(28-29(24(22)26(31)33-2)20-6-4-3-5-7-20)18-10-8-17(9-11-18)16-34-21-14-12-19(27)13-15-21/h3-15H,16H2,1-2H3. The van der Waals surface area contributed by atoms with Crippen LogP contribution in [0, 0.1) is 5.82 Å². The monoisotopic (exact) mass is 460 g/mol. The van der Waals surface area contributed by atoms with Crippen molar-refractivity contribution in [2.24, 2.45) is 0 Å². The third-order valence-electron chi connectivity index (χ3n) is 5.10. The van der Waals surface area contributed by atoms with Crippen LogP contribution in [0.3, 0.4) is 0 Å². The third-order valence-corrected chi connectivity index (χ3v) is 5.10. The zero-order chi connectivity index (χ0) is 24.1. The van der Waals surface area contributed by atoms with Gasteiger partial charge in [-0.25, -0.2) is 18.7 Å². The summed E-state index contributed by atoms with van der Waals surface area (Å²) in [6, 6.07) is 21.9. The van der Waals surface area contributed by atoms with Crippen molar-refractivity contribution in [1.82, 2.24) is 9.78 Å². The number of carbonyl (C=O) groups is 2. The largest absolute Gasteiger partial charge is 0.489 e. The number of ether oxygens (including phenoxy) is 3. The van der Waals surface area contributed by atoms with Gasteiger partial charge in [0.05, 0.1) is 19.9 Å². The van der Waals surface area contributed by atoms with Crippen molar-refractivity contribution in [3.05, 3.63) is 102 Å². The maximum atomic E-state index is 13.1. The molecule has 3 aromatic carbocycles. The summed E-state index contributed by atoms with van der Waals surface area (Å²) in [4.78, 5) is 25.4. The van der Waals surface area contributed by atoms with Crippen molar-refractivity contribution in [2.45, 2.75) is 6.61 Å². The van der Waals surface area contributed by atoms with E-state index in [1.807, 2.05) is 18.2 Å². The van der Waals surface area contributed by atoms with Crippen LogP contribution in [0.15, 0.2) is 78.9 Å². The molecule has 0 aliphatic carbocycles. The fraction of sp³-hybridized carbons (Fsp3) is 0.115. The van der Waals surface area contributed by atoms with Crippen LogP contribution in [-0.2, 0) is 16.1 Å². The molecule has 1 aromatic heterocycles. The van der Waals surface area contributed by atoms with Crippen LogP contribution in [0.25, 0.3) is 16.9 Å². The number of rotatable bonds is 7. The Morgan fingerprint density at radius 3 is 2.12 bits per heavy atom. The average molecular weight is 460 g/mol. The summed E-state index contributed by atoms with van der Waals surface area (Å²) >= 11 is 0. The first-order chi connectivity index (χ1) is 16.5. The Balaban J connectivity index is 1.71. The molecule has 0 N–H and O–H groups in total. The molecular weight excluding hydrogens is 439 g/mol. The zero-order valence-electron chi connectivity index (χ0n) is 18.5. The smallest absolute Gasteiger partial charge is 0.357 e. The molecule has 4 rings (SSSR count). The number of aromatic nitrogens is 2. The molecule has 0 spiro atoms. The van der Waals surface area contributed by atoms with E-state index in [0.29, 0.717) is 17.0 Å². The van der Waals surface area contributed by atoms with Gasteiger partial charge < -0.3 is 14.2 Å². The molecule has 8 heteroatoms. The lowest BCUT2D eigenvalue weighted by Gasteiger charge is -2.07. The van der Waals surface area contributed by atoms with Gasteiger partial charge in [-0.3, -0.25) is 0 Å². The Labute approximate surface area is 195 Å². The molecule has 4 aromatic rings. The summed E-state index contributed by atoms with van der Waals surface area (Å²) in [7, 11) is 2.48. The molecule has 7 nitrogen and oxygen atoms in total. The lowest BCUT2D eigenvalue weighted by Crippen LogP contribution is -2.15. The van der Waals surface area contributed by atoms with Gasteiger partial charge in [-0.15, -0.1) is 0 Å². The lowest BCUT2D eigenvalue weighted by atomic mass is 10.0. The first-order valence-corrected chi connectivity index (χ1v) is 10.3. The molecule has 0 aliphatic rings. The van der Waals surface area contributed by atoms with Gasteiger partial charge >= 0.3 is 11.9 Å². The van der Waals surface area contributed by atoms with Gasteiger partial charge in [0.2, 0.25) is 0 Å². The van der Waals surface area contributed by atoms with Gasteiger partial charge in [-0.1, -0.05) is 42.5 Å². The minimum atomic E-state index is -0.715. The third kappa shape index (κ3) is 4.66. The maximum absolute atomic E-state index is 13.1. The van der Waals surface area contributed by atoms with Crippen LogP contribution in [0.5, 0.6) is 5.75 Å². The second-order valence-corrected chi connectivity index (χ2v) is 7.24. The van der Waals surface area contributed by atoms with E-state index < -0.39 is 11.9 Å². The van der Waals surface area contributed by atoms with E-state index >= 15 is 0 Å². The highest BCUT2D eigenvalue weighted by Crippen LogP contribution is 2.29. The normalized spacial score (nSPS) is 10.6. The van der Waals surface area contributed by atoms with Gasteiger partial charge in [0.25, 0.3) is 0 Å². The second-order valence-electron chi connectivity index (χ2n) is 7.24. The molecule has 0 fully saturated rings. The second kappa shape index (κ2) is 9.99. The molecule has 0 radical (unpaired) electrons. The van der Waals surface area contributed by atoms with Gasteiger partial charge in [0, 0.05) is 5.56 Å². The van der Waals surface area contributed by atoms with Gasteiger partial charge in [-0.05, 0) is 42.0 Å². The van der Waals surface area contributed by atoms with Crippen LogP contribution in [0.1, 0.15) is 26.4 Å². The minimum absolute atomic E-state index is 0.00788. The van der Waals surface area contributed by atoms with E-state index in [9.17, 15) is 14.0 Å². The first-order valence-electron chi connectivity index (χ1n) is 10.3. The van der Waals surface area contributed by atoms with E-state index in [2.05, 4.69) is 5.10 Å². The van der Waals surface area contributed by atoms with Crippen molar-refractivity contribution < 1.29 is 28.2 Å². The Morgan fingerprint density at radius 2 is 1.50 bits per heavy atom. The molecule has 0 bridgehead atoms. The Morgan fingerprint density at radius 1 is 0.853 bits per heavy atom. The number of methoxy groups -OCH3 is 2. The first kappa shape index (κ1) is 22.7. The number of para-hydroxylation sites is 1. The number of halogens is 1. The average Bonchev–Trinajstić information content (AvgIpc) is 3.29. The SMILES string of the molecule is COC(=O)c1c(-c2ccc(COc3ccc(F)cc3)cc2)nn(-c2ccccc2)c1C(=O)OC. The van der Waals surface area contributed by atoms with Gasteiger partial charge in [0.15, 0.2) is 5.69 Å². The number of nitrogens with zero attached hydrogens (tertiary/aromatic N) is 2. The molecule has 172 valence electrons. The summed E-state index contributed by atoms with van der Waals surface area (Å²) in [5, 5.41) is 4.57. The van der Waals surface area contributed by atoms with Gasteiger partial charge in [0.1, 0.15) is 29.4 Å². The molecule has 0 saturated carbocycles. The summed E-state index contributed by atoms with van der Waals surface area (Å²) in [6.07, 6.45) is 0. The van der Waals surface area contributed by atoms with Crippen LogP contribution in [-0.4, -0.2) is 35.9 Å². The molecule has 34 heavy (non-hydrogen) atoms. The van der Waals surface area contributed by atoms with Crippen LogP contribution in [0.4, 0.5) is 4.39 Å². The quantitative estimate of drug-likeness (QED) is 0.368. The van der Waals surface area contributed by atoms with E-state index in [1.54, 1.807) is 48.5 Å².